The zero-order valence-corrected chi connectivity index (χ0v) is 16.2. The van der Waals surface area contributed by atoms with Gasteiger partial charge in [-0.1, -0.05) is 42.0 Å². The zero-order valence-electron chi connectivity index (χ0n) is 16.2. The minimum atomic E-state index is -0.942. The number of hydrogen-bond donors (Lipinski definition) is 2. The molecule has 0 radical (unpaired) electrons. The van der Waals surface area contributed by atoms with E-state index in [1.54, 1.807) is 6.07 Å². The van der Waals surface area contributed by atoms with E-state index in [1.807, 2.05) is 12.1 Å². The van der Waals surface area contributed by atoms with Gasteiger partial charge in [-0.15, -0.1) is 0 Å². The van der Waals surface area contributed by atoms with Gasteiger partial charge in [-0.05, 0) is 55.2 Å². The maximum absolute atomic E-state index is 9.87. The molecule has 144 valence electrons. The van der Waals surface area contributed by atoms with Gasteiger partial charge in [0.15, 0.2) is 0 Å². The Morgan fingerprint density at radius 1 is 1.07 bits per heavy atom. The van der Waals surface area contributed by atoms with E-state index in [1.165, 1.54) is 22.4 Å². The molecule has 0 aliphatic carbocycles. The zero-order chi connectivity index (χ0) is 19.5. The molecule has 1 aliphatic heterocycles. The fraction of sp³-hybridized carbons (Fsp3) is 0.292. The monoisotopic (exact) mass is 374 g/mol. The van der Waals surface area contributed by atoms with Gasteiger partial charge in [0.05, 0.1) is 18.0 Å². The molecule has 3 aromatic rings. The van der Waals surface area contributed by atoms with Crippen LogP contribution in [0.5, 0.6) is 0 Å². The highest BCUT2D eigenvalue weighted by Crippen LogP contribution is 2.32. The van der Waals surface area contributed by atoms with E-state index >= 15 is 0 Å². The van der Waals surface area contributed by atoms with Crippen molar-refractivity contribution >= 4 is 5.69 Å². The Bertz CT molecular complexity index is 953. The normalized spacial score (nSPS) is 14.6. The lowest BCUT2D eigenvalue weighted by Crippen LogP contribution is -2.28. The lowest BCUT2D eigenvalue weighted by Gasteiger charge is -2.32. The number of aliphatic hydroxyl groups excluding tert-OH is 2. The summed E-state index contributed by atoms with van der Waals surface area (Å²) in [7, 11) is 0. The highest BCUT2D eigenvalue weighted by atomic mass is 16.3. The first-order valence-electron chi connectivity index (χ1n) is 9.84. The summed E-state index contributed by atoms with van der Waals surface area (Å²) < 4.78 is 0. The highest BCUT2D eigenvalue weighted by Gasteiger charge is 2.18. The molecular weight excluding hydrogens is 348 g/mol. The molecule has 1 aliphatic rings. The first kappa shape index (κ1) is 18.7. The molecule has 2 aromatic carbocycles. The standard InChI is InChI=1S/C24H26N2O2/c1-17-7-9-18(10-8-17)15-26-13-3-4-20-14-19(11-12-23(20)26)21-5-2-6-22(25-21)24(28)16-27/h2,5-12,14,24,27-28H,3-4,13,15-16H2,1H3/t24-/m1/s1. The number of hydrogen-bond acceptors (Lipinski definition) is 4. The highest BCUT2D eigenvalue weighted by molar-refractivity contribution is 5.67. The van der Waals surface area contributed by atoms with E-state index in [0.29, 0.717) is 5.69 Å². The van der Waals surface area contributed by atoms with Crippen LogP contribution in [0.3, 0.4) is 0 Å². The average molecular weight is 374 g/mol. The van der Waals surface area contributed by atoms with E-state index in [-0.39, 0.29) is 6.61 Å². The van der Waals surface area contributed by atoms with Crippen LogP contribution in [0, 0.1) is 6.92 Å². The molecule has 4 nitrogen and oxygen atoms in total. The first-order valence-corrected chi connectivity index (χ1v) is 9.84. The van der Waals surface area contributed by atoms with Crippen LogP contribution in [0.1, 0.15) is 34.9 Å². The van der Waals surface area contributed by atoms with Crippen molar-refractivity contribution in [3.8, 4) is 11.3 Å². The maximum atomic E-state index is 9.87. The summed E-state index contributed by atoms with van der Waals surface area (Å²) in [5.74, 6) is 0. The molecule has 0 saturated heterocycles. The third-order valence-electron chi connectivity index (χ3n) is 5.37. The molecule has 1 aromatic heterocycles. The van der Waals surface area contributed by atoms with Crippen molar-refractivity contribution in [2.24, 2.45) is 0 Å². The first-order chi connectivity index (χ1) is 13.6. The van der Waals surface area contributed by atoms with Crippen molar-refractivity contribution in [3.63, 3.8) is 0 Å². The molecule has 2 heterocycles. The van der Waals surface area contributed by atoms with Gasteiger partial charge in [0.25, 0.3) is 0 Å². The number of fused-ring (bicyclic) bond motifs is 1. The SMILES string of the molecule is Cc1ccc(CN2CCCc3cc(-c4cccc([C@H](O)CO)n4)ccc32)cc1. The summed E-state index contributed by atoms with van der Waals surface area (Å²) in [6.45, 7) is 3.78. The summed E-state index contributed by atoms with van der Waals surface area (Å²) in [6.07, 6.45) is 1.26. The fourth-order valence-electron chi connectivity index (χ4n) is 3.80. The second kappa shape index (κ2) is 8.13. The van der Waals surface area contributed by atoms with Gasteiger partial charge in [0.1, 0.15) is 6.10 Å². The molecule has 0 amide bonds. The lowest BCUT2D eigenvalue weighted by atomic mass is 9.97. The van der Waals surface area contributed by atoms with E-state index in [2.05, 4.69) is 59.3 Å². The summed E-state index contributed by atoms with van der Waals surface area (Å²) in [6, 6.07) is 20.8. The second-order valence-electron chi connectivity index (χ2n) is 7.50. The molecule has 0 unspecified atom stereocenters. The van der Waals surface area contributed by atoms with Crippen LogP contribution in [0.25, 0.3) is 11.3 Å². The predicted molar refractivity (Wildman–Crippen MR) is 112 cm³/mol. The molecule has 4 rings (SSSR count). The van der Waals surface area contributed by atoms with Crippen molar-refractivity contribution < 1.29 is 10.2 Å². The number of anilines is 1. The topological polar surface area (TPSA) is 56.6 Å². The van der Waals surface area contributed by atoms with Crippen molar-refractivity contribution in [3.05, 3.63) is 83.0 Å². The molecular formula is C24H26N2O2. The largest absolute Gasteiger partial charge is 0.393 e. The molecule has 0 saturated carbocycles. The van der Waals surface area contributed by atoms with Gasteiger partial charge < -0.3 is 15.1 Å². The number of nitrogens with zero attached hydrogens (tertiary/aromatic N) is 2. The van der Waals surface area contributed by atoms with Crippen LogP contribution < -0.4 is 4.90 Å². The molecule has 2 N–H and O–H groups in total. The minimum absolute atomic E-state index is 0.325. The number of aliphatic hydroxyl groups is 2. The second-order valence-corrected chi connectivity index (χ2v) is 7.50. The Kier molecular flexibility index (Phi) is 5.42. The lowest BCUT2D eigenvalue weighted by molar-refractivity contribution is 0.0923. The van der Waals surface area contributed by atoms with Gasteiger partial charge in [-0.25, -0.2) is 4.98 Å². The van der Waals surface area contributed by atoms with Crippen LogP contribution in [0.4, 0.5) is 5.69 Å². The van der Waals surface area contributed by atoms with E-state index < -0.39 is 6.10 Å². The van der Waals surface area contributed by atoms with E-state index in [4.69, 9.17) is 0 Å². The van der Waals surface area contributed by atoms with Gasteiger partial charge >= 0.3 is 0 Å². The quantitative estimate of drug-likeness (QED) is 0.708. The fourth-order valence-corrected chi connectivity index (χ4v) is 3.80. The third kappa shape index (κ3) is 3.93. The number of aryl methyl sites for hydroxylation is 2. The Hall–Kier alpha value is -2.69. The molecule has 1 atom stereocenters. The Balaban J connectivity index is 1.60. The summed E-state index contributed by atoms with van der Waals surface area (Å²) in [5.41, 5.74) is 7.61. The smallest absolute Gasteiger partial charge is 0.119 e. The third-order valence-corrected chi connectivity index (χ3v) is 5.37. The Morgan fingerprint density at radius 2 is 1.89 bits per heavy atom. The molecule has 0 bridgehead atoms. The Labute approximate surface area is 166 Å². The summed E-state index contributed by atoms with van der Waals surface area (Å²) in [5, 5.41) is 19.0. The number of benzene rings is 2. The van der Waals surface area contributed by atoms with Crippen LogP contribution in [0.15, 0.2) is 60.7 Å². The number of pyridine rings is 1. The van der Waals surface area contributed by atoms with Gasteiger partial charge in [0, 0.05) is 24.3 Å². The van der Waals surface area contributed by atoms with Crippen LogP contribution >= 0.6 is 0 Å². The average Bonchev–Trinajstić information content (AvgIpc) is 2.74. The molecule has 28 heavy (non-hydrogen) atoms. The van der Waals surface area contributed by atoms with Gasteiger partial charge in [-0.3, -0.25) is 0 Å². The van der Waals surface area contributed by atoms with E-state index in [9.17, 15) is 10.2 Å². The van der Waals surface area contributed by atoms with Crippen LogP contribution in [0.2, 0.25) is 0 Å². The van der Waals surface area contributed by atoms with Crippen LogP contribution in [-0.4, -0.2) is 28.3 Å². The van der Waals surface area contributed by atoms with Crippen molar-refractivity contribution in [2.45, 2.75) is 32.4 Å². The number of rotatable bonds is 5. The molecule has 0 fully saturated rings. The Morgan fingerprint density at radius 3 is 2.68 bits per heavy atom. The van der Waals surface area contributed by atoms with Crippen LogP contribution in [-0.2, 0) is 13.0 Å². The number of aromatic nitrogens is 1. The minimum Gasteiger partial charge on any atom is -0.393 e. The van der Waals surface area contributed by atoms with E-state index in [0.717, 1.165) is 37.2 Å². The maximum Gasteiger partial charge on any atom is 0.119 e. The predicted octanol–water partition coefficient (Wildman–Crippen LogP) is 4.04. The van der Waals surface area contributed by atoms with Crippen molar-refractivity contribution in [1.82, 2.24) is 4.98 Å². The van der Waals surface area contributed by atoms with Gasteiger partial charge in [-0.2, -0.15) is 0 Å². The van der Waals surface area contributed by atoms with Crippen molar-refractivity contribution in [1.29, 1.82) is 0 Å². The molecule has 0 spiro atoms. The van der Waals surface area contributed by atoms with Crippen molar-refractivity contribution in [2.75, 3.05) is 18.1 Å². The summed E-state index contributed by atoms with van der Waals surface area (Å²) >= 11 is 0. The van der Waals surface area contributed by atoms with Gasteiger partial charge in [0.2, 0.25) is 0 Å². The molecule has 4 heteroatoms. The summed E-state index contributed by atoms with van der Waals surface area (Å²) in [4.78, 5) is 6.99.